The molecular formula is C17H20BrFN2O3. The number of aromatic nitrogens is 1. The molecule has 1 fully saturated rings. The van der Waals surface area contributed by atoms with Gasteiger partial charge in [-0.3, -0.25) is 0 Å². The number of nitrogens with zero attached hydrogens (tertiary/aromatic N) is 2. The fourth-order valence-corrected chi connectivity index (χ4v) is 3.11. The van der Waals surface area contributed by atoms with Crippen LogP contribution < -0.4 is 0 Å². The minimum absolute atomic E-state index is 0.0175. The molecule has 1 aromatic carbocycles. The molecule has 2 aromatic rings. The van der Waals surface area contributed by atoms with Gasteiger partial charge in [-0.15, -0.1) is 0 Å². The Labute approximate surface area is 148 Å². The second-order valence-corrected chi connectivity index (χ2v) is 8.02. The lowest BCUT2D eigenvalue weighted by Crippen LogP contribution is -2.48. The number of alkyl halides is 1. The number of hydrogen-bond acceptors (Lipinski definition) is 4. The topological polar surface area (TPSA) is 55.6 Å². The molecule has 5 nitrogen and oxygen atoms in total. The Morgan fingerprint density at radius 2 is 2.21 bits per heavy atom. The third-order valence-corrected chi connectivity index (χ3v) is 4.32. The first-order chi connectivity index (χ1) is 11.2. The van der Waals surface area contributed by atoms with E-state index in [1.54, 1.807) is 32.9 Å². The number of carbonyl (C=O) groups is 1. The van der Waals surface area contributed by atoms with Crippen LogP contribution in [-0.4, -0.2) is 34.7 Å². The van der Waals surface area contributed by atoms with Crippen LogP contribution in [0.5, 0.6) is 0 Å². The number of amides is 1. The standard InChI is InChI=1S/C17H20BrFN2O3/c1-16(2,3)24-15(22)21-8-4-7-17(19,10-21)14-20-12-9-11(18)5-6-13(12)23-14/h5-6,9H,4,7-8,10H2,1-3H3/t17-/m1/s1. The average molecular weight is 399 g/mol. The van der Waals surface area contributed by atoms with Gasteiger partial charge in [-0.2, -0.15) is 0 Å². The molecule has 1 aliphatic rings. The molecule has 0 bridgehead atoms. The van der Waals surface area contributed by atoms with Crippen LogP contribution in [-0.2, 0) is 10.4 Å². The van der Waals surface area contributed by atoms with E-state index in [9.17, 15) is 4.79 Å². The summed E-state index contributed by atoms with van der Waals surface area (Å²) in [7, 11) is 0. The van der Waals surface area contributed by atoms with Crippen molar-refractivity contribution in [3.05, 3.63) is 28.6 Å². The third-order valence-electron chi connectivity index (χ3n) is 3.83. The smallest absolute Gasteiger partial charge is 0.410 e. The Hall–Kier alpha value is -1.63. The van der Waals surface area contributed by atoms with E-state index in [-0.39, 0.29) is 18.9 Å². The zero-order valence-corrected chi connectivity index (χ0v) is 15.5. The van der Waals surface area contributed by atoms with E-state index in [1.165, 1.54) is 4.90 Å². The molecule has 1 atom stereocenters. The number of halogens is 2. The summed E-state index contributed by atoms with van der Waals surface area (Å²) in [4.78, 5) is 17.9. The third kappa shape index (κ3) is 3.55. The Balaban J connectivity index is 1.84. The number of fused-ring (bicyclic) bond motifs is 1. The van der Waals surface area contributed by atoms with Gasteiger partial charge in [-0.1, -0.05) is 15.9 Å². The van der Waals surface area contributed by atoms with Crippen LogP contribution in [0.15, 0.2) is 27.1 Å². The highest BCUT2D eigenvalue weighted by Crippen LogP contribution is 2.37. The molecule has 1 aromatic heterocycles. The second kappa shape index (κ2) is 6.02. The van der Waals surface area contributed by atoms with Crippen molar-refractivity contribution in [1.29, 1.82) is 0 Å². The van der Waals surface area contributed by atoms with Crippen molar-refractivity contribution in [2.24, 2.45) is 0 Å². The maximum atomic E-state index is 15.5. The molecule has 0 N–H and O–H groups in total. The fourth-order valence-electron chi connectivity index (χ4n) is 2.76. The quantitative estimate of drug-likeness (QED) is 0.692. The SMILES string of the molecule is CC(C)(C)OC(=O)N1CCC[C@](F)(c2nc3cc(Br)ccc3o2)C1. The van der Waals surface area contributed by atoms with Crippen molar-refractivity contribution in [3.8, 4) is 0 Å². The number of likely N-dealkylation sites (tertiary alicyclic amines) is 1. The van der Waals surface area contributed by atoms with E-state index in [0.717, 1.165) is 4.47 Å². The zero-order chi connectivity index (χ0) is 17.5. The van der Waals surface area contributed by atoms with E-state index in [2.05, 4.69) is 20.9 Å². The van der Waals surface area contributed by atoms with Crippen LogP contribution in [0, 0.1) is 0 Å². The summed E-state index contributed by atoms with van der Waals surface area (Å²) in [5.41, 5.74) is -1.30. The lowest BCUT2D eigenvalue weighted by Gasteiger charge is -2.36. The lowest BCUT2D eigenvalue weighted by molar-refractivity contribution is -0.0140. The number of hydrogen-bond donors (Lipinski definition) is 0. The highest BCUT2D eigenvalue weighted by Gasteiger charge is 2.44. The van der Waals surface area contributed by atoms with Crippen molar-refractivity contribution in [2.75, 3.05) is 13.1 Å². The predicted octanol–water partition coefficient (Wildman–Crippen LogP) is 4.79. The fraction of sp³-hybridized carbons (Fsp3) is 0.529. The minimum atomic E-state index is -1.80. The molecule has 1 aliphatic heterocycles. The first-order valence-corrected chi connectivity index (χ1v) is 8.69. The molecule has 7 heteroatoms. The van der Waals surface area contributed by atoms with Crippen LogP contribution >= 0.6 is 15.9 Å². The maximum Gasteiger partial charge on any atom is 0.410 e. The van der Waals surface area contributed by atoms with Crippen LogP contribution in [0.4, 0.5) is 9.18 Å². The van der Waals surface area contributed by atoms with Gasteiger partial charge in [0.05, 0.1) is 6.54 Å². The molecule has 3 rings (SSSR count). The van der Waals surface area contributed by atoms with Gasteiger partial charge in [-0.05, 0) is 51.8 Å². The molecule has 0 saturated carbocycles. The molecular weight excluding hydrogens is 379 g/mol. The Morgan fingerprint density at radius 3 is 2.92 bits per heavy atom. The van der Waals surface area contributed by atoms with Gasteiger partial charge in [0.1, 0.15) is 11.1 Å². The summed E-state index contributed by atoms with van der Waals surface area (Å²) < 4.78 is 27.3. The molecule has 130 valence electrons. The molecule has 0 spiro atoms. The second-order valence-electron chi connectivity index (χ2n) is 7.10. The molecule has 24 heavy (non-hydrogen) atoms. The van der Waals surface area contributed by atoms with Gasteiger partial charge < -0.3 is 14.1 Å². The summed E-state index contributed by atoms with van der Waals surface area (Å²) in [5.74, 6) is 0.0175. The molecule has 1 amide bonds. The van der Waals surface area contributed by atoms with Crippen LogP contribution in [0.3, 0.4) is 0 Å². The zero-order valence-electron chi connectivity index (χ0n) is 13.9. The summed E-state index contributed by atoms with van der Waals surface area (Å²) in [5, 5.41) is 0. The normalized spacial score (nSPS) is 22.0. The number of carbonyl (C=O) groups excluding carboxylic acids is 1. The Bertz CT molecular complexity index is 771. The van der Waals surface area contributed by atoms with Crippen molar-refractivity contribution in [3.63, 3.8) is 0 Å². The van der Waals surface area contributed by atoms with Gasteiger partial charge in [-0.25, -0.2) is 14.2 Å². The van der Waals surface area contributed by atoms with E-state index in [0.29, 0.717) is 24.1 Å². The van der Waals surface area contributed by atoms with E-state index in [1.807, 2.05) is 6.07 Å². The van der Waals surface area contributed by atoms with Crippen LogP contribution in [0.2, 0.25) is 0 Å². The summed E-state index contributed by atoms with van der Waals surface area (Å²) in [6.07, 6.45) is 0.279. The molecule has 0 unspecified atom stereocenters. The molecule has 1 saturated heterocycles. The van der Waals surface area contributed by atoms with Crippen LogP contribution in [0.1, 0.15) is 39.5 Å². The highest BCUT2D eigenvalue weighted by molar-refractivity contribution is 9.10. The monoisotopic (exact) mass is 398 g/mol. The molecule has 2 heterocycles. The molecule has 0 radical (unpaired) electrons. The summed E-state index contributed by atoms with van der Waals surface area (Å²) >= 11 is 3.36. The van der Waals surface area contributed by atoms with Gasteiger partial charge in [0.15, 0.2) is 5.58 Å². The van der Waals surface area contributed by atoms with E-state index in [4.69, 9.17) is 9.15 Å². The van der Waals surface area contributed by atoms with Crippen molar-refractivity contribution in [1.82, 2.24) is 9.88 Å². The Kier molecular flexibility index (Phi) is 4.32. The van der Waals surface area contributed by atoms with Crippen LogP contribution in [0.25, 0.3) is 11.1 Å². The van der Waals surface area contributed by atoms with E-state index < -0.39 is 17.4 Å². The highest BCUT2D eigenvalue weighted by atomic mass is 79.9. The van der Waals surface area contributed by atoms with Gasteiger partial charge in [0.2, 0.25) is 11.6 Å². The number of oxazole rings is 1. The number of rotatable bonds is 1. The van der Waals surface area contributed by atoms with Crippen molar-refractivity contribution < 1.29 is 18.3 Å². The maximum absolute atomic E-state index is 15.5. The number of piperidine rings is 1. The average Bonchev–Trinajstić information content (AvgIpc) is 2.89. The number of ether oxygens (including phenoxy) is 1. The van der Waals surface area contributed by atoms with Crippen molar-refractivity contribution >= 4 is 33.1 Å². The summed E-state index contributed by atoms with van der Waals surface area (Å²) in [6.45, 7) is 5.71. The molecule has 0 aliphatic carbocycles. The van der Waals surface area contributed by atoms with Gasteiger partial charge in [0, 0.05) is 11.0 Å². The summed E-state index contributed by atoms with van der Waals surface area (Å²) in [6, 6.07) is 5.34. The first-order valence-electron chi connectivity index (χ1n) is 7.90. The minimum Gasteiger partial charge on any atom is -0.444 e. The number of benzene rings is 1. The first kappa shape index (κ1) is 17.2. The van der Waals surface area contributed by atoms with Gasteiger partial charge in [0.25, 0.3) is 0 Å². The largest absolute Gasteiger partial charge is 0.444 e. The Morgan fingerprint density at radius 1 is 1.46 bits per heavy atom. The van der Waals surface area contributed by atoms with E-state index >= 15 is 4.39 Å². The van der Waals surface area contributed by atoms with Gasteiger partial charge >= 0.3 is 6.09 Å². The van der Waals surface area contributed by atoms with Crippen molar-refractivity contribution in [2.45, 2.75) is 44.9 Å². The lowest BCUT2D eigenvalue weighted by atomic mass is 9.95. The predicted molar refractivity (Wildman–Crippen MR) is 91.5 cm³/mol.